The number of nitrogens with zero attached hydrogens (tertiary/aromatic N) is 1. The number of allylic oxidation sites excluding steroid dienone is 3. The van der Waals surface area contributed by atoms with Crippen LogP contribution in [0.15, 0.2) is 170 Å². The van der Waals surface area contributed by atoms with Gasteiger partial charge in [-0.15, -0.1) is 0 Å². The summed E-state index contributed by atoms with van der Waals surface area (Å²) in [4.78, 5) is 2.50. The molecule has 1 heterocycles. The summed E-state index contributed by atoms with van der Waals surface area (Å²) in [6.07, 6.45) is 11.2. The van der Waals surface area contributed by atoms with Crippen molar-refractivity contribution in [2.24, 2.45) is 0 Å². The smallest absolute Gasteiger partial charge is 0.0494 e. The van der Waals surface area contributed by atoms with Crippen molar-refractivity contribution in [1.29, 1.82) is 0 Å². The molecule has 8 aromatic carbocycles. The van der Waals surface area contributed by atoms with Gasteiger partial charge < -0.3 is 4.90 Å². The van der Waals surface area contributed by atoms with Gasteiger partial charge in [-0.2, -0.15) is 0 Å². The third-order valence-corrected chi connectivity index (χ3v) is 10.7. The second-order valence-corrected chi connectivity index (χ2v) is 13.5. The van der Waals surface area contributed by atoms with Gasteiger partial charge in [-0.25, -0.2) is 0 Å². The number of anilines is 2. The molecule has 232 valence electrons. The fraction of sp³-hybridized carbons (Fsp3) is 0.0833. The van der Waals surface area contributed by atoms with Gasteiger partial charge in [0.15, 0.2) is 0 Å². The molecule has 0 aromatic heterocycles. The largest absolute Gasteiger partial charge is 0.310 e. The molecule has 0 saturated heterocycles. The highest BCUT2D eigenvalue weighted by atomic mass is 15.2. The maximum Gasteiger partial charge on any atom is 0.0494 e. The fourth-order valence-electron chi connectivity index (χ4n) is 8.46. The van der Waals surface area contributed by atoms with Gasteiger partial charge in [0, 0.05) is 17.1 Å². The van der Waals surface area contributed by atoms with Gasteiger partial charge in [-0.1, -0.05) is 133 Å². The lowest BCUT2D eigenvalue weighted by Gasteiger charge is -2.29. The molecule has 1 aliphatic heterocycles. The molecule has 1 nitrogen and oxygen atoms in total. The Balaban J connectivity index is 1.19. The first kappa shape index (κ1) is 28.1. The van der Waals surface area contributed by atoms with Crippen molar-refractivity contribution in [1.82, 2.24) is 0 Å². The molecule has 49 heavy (non-hydrogen) atoms. The second-order valence-electron chi connectivity index (χ2n) is 13.5. The Bertz CT molecular complexity index is 2620. The Morgan fingerprint density at radius 2 is 0.980 bits per heavy atom. The van der Waals surface area contributed by atoms with E-state index in [1.165, 1.54) is 93.5 Å². The third kappa shape index (κ3) is 4.54. The van der Waals surface area contributed by atoms with Crippen molar-refractivity contribution < 1.29 is 0 Å². The van der Waals surface area contributed by atoms with Crippen LogP contribution in [0.2, 0.25) is 0 Å². The molecule has 0 amide bonds. The predicted octanol–water partition coefficient (Wildman–Crippen LogP) is 13.1. The zero-order valence-corrected chi connectivity index (χ0v) is 27.4. The predicted molar refractivity (Wildman–Crippen MR) is 210 cm³/mol. The van der Waals surface area contributed by atoms with E-state index in [0.717, 1.165) is 25.7 Å². The monoisotopic (exact) mass is 625 g/mol. The number of hydrogen-bond acceptors (Lipinski definition) is 1. The van der Waals surface area contributed by atoms with Crippen molar-refractivity contribution in [3.63, 3.8) is 0 Å². The van der Waals surface area contributed by atoms with Crippen LogP contribution in [0.25, 0.3) is 65.3 Å². The first-order valence-electron chi connectivity index (χ1n) is 17.6. The summed E-state index contributed by atoms with van der Waals surface area (Å²) in [6.45, 7) is 0. The summed E-state index contributed by atoms with van der Waals surface area (Å²) in [7, 11) is 0. The number of hydrogen-bond donors (Lipinski definition) is 0. The maximum atomic E-state index is 2.50. The van der Waals surface area contributed by atoms with Gasteiger partial charge in [-0.05, 0) is 132 Å². The molecule has 2 aliphatic rings. The fourth-order valence-corrected chi connectivity index (χ4v) is 8.46. The second kappa shape index (κ2) is 11.4. The molecule has 0 spiro atoms. The average Bonchev–Trinajstić information content (AvgIpc) is 3.33. The van der Waals surface area contributed by atoms with Crippen molar-refractivity contribution in [2.45, 2.75) is 25.7 Å². The van der Waals surface area contributed by atoms with Crippen LogP contribution in [0.5, 0.6) is 0 Å². The van der Waals surface area contributed by atoms with Gasteiger partial charge in [0.05, 0.1) is 0 Å². The Kier molecular flexibility index (Phi) is 6.52. The lowest BCUT2D eigenvalue weighted by atomic mass is 9.85. The van der Waals surface area contributed by atoms with Crippen LogP contribution < -0.4 is 4.90 Å². The highest BCUT2D eigenvalue weighted by Gasteiger charge is 2.24. The standard InChI is InChI=1S/C48H35N/c1-2-14-38(15-3-1)49-45-21-11-5-13-33(45)23-25-35-31-37(27-29-46(35)49)48-43-19-9-7-17-41(43)47(42-18-8-10-20-44(42)48)36-26-28-40-34(30-36)24-22-32-12-4-6-16-39(32)40/h2,4-22,24,26-31H,1,3,23,25H2. The Hall–Kier alpha value is -5.92. The van der Waals surface area contributed by atoms with Crippen LogP contribution in [-0.4, -0.2) is 0 Å². The average molecular weight is 626 g/mol. The van der Waals surface area contributed by atoms with Crippen LogP contribution in [0.1, 0.15) is 24.0 Å². The van der Waals surface area contributed by atoms with E-state index >= 15 is 0 Å². The number of rotatable bonds is 3. The summed E-state index contributed by atoms with van der Waals surface area (Å²) in [5.74, 6) is 0. The molecule has 8 aromatic rings. The number of para-hydroxylation sites is 1. The lowest BCUT2D eigenvalue weighted by Crippen LogP contribution is -2.17. The summed E-state index contributed by atoms with van der Waals surface area (Å²) >= 11 is 0. The van der Waals surface area contributed by atoms with E-state index in [9.17, 15) is 0 Å². The topological polar surface area (TPSA) is 3.24 Å². The Labute approximate surface area is 287 Å². The number of fused-ring (bicyclic) bond motifs is 7. The van der Waals surface area contributed by atoms with E-state index in [0.29, 0.717) is 0 Å². The Morgan fingerprint density at radius 3 is 1.71 bits per heavy atom. The minimum absolute atomic E-state index is 1.01. The van der Waals surface area contributed by atoms with E-state index in [-0.39, 0.29) is 0 Å². The van der Waals surface area contributed by atoms with E-state index in [1.54, 1.807) is 0 Å². The zero-order chi connectivity index (χ0) is 32.3. The highest BCUT2D eigenvalue weighted by molar-refractivity contribution is 6.22. The van der Waals surface area contributed by atoms with Gasteiger partial charge in [-0.3, -0.25) is 0 Å². The third-order valence-electron chi connectivity index (χ3n) is 10.7. The molecular weight excluding hydrogens is 591 g/mol. The zero-order valence-electron chi connectivity index (χ0n) is 27.4. The summed E-state index contributed by atoms with van der Waals surface area (Å²) in [6, 6.07) is 54.5. The van der Waals surface area contributed by atoms with Crippen LogP contribution in [0, 0.1) is 0 Å². The van der Waals surface area contributed by atoms with E-state index < -0.39 is 0 Å². The molecule has 1 aliphatic carbocycles. The van der Waals surface area contributed by atoms with Gasteiger partial charge >= 0.3 is 0 Å². The molecule has 0 bridgehead atoms. The molecule has 0 atom stereocenters. The minimum atomic E-state index is 1.01. The number of benzene rings is 8. The minimum Gasteiger partial charge on any atom is -0.310 e. The molecule has 10 rings (SSSR count). The lowest BCUT2D eigenvalue weighted by molar-refractivity contribution is 0.978. The van der Waals surface area contributed by atoms with Gasteiger partial charge in [0.1, 0.15) is 0 Å². The quantitative estimate of drug-likeness (QED) is 0.139. The summed E-state index contributed by atoms with van der Waals surface area (Å²) in [5, 5.41) is 10.3. The van der Waals surface area contributed by atoms with Crippen molar-refractivity contribution >= 4 is 54.5 Å². The maximum absolute atomic E-state index is 2.50. The molecule has 0 saturated carbocycles. The first-order valence-corrected chi connectivity index (χ1v) is 17.6. The molecular formula is C48H35N. The molecule has 0 unspecified atom stereocenters. The van der Waals surface area contributed by atoms with E-state index in [4.69, 9.17) is 0 Å². The highest BCUT2D eigenvalue weighted by Crippen LogP contribution is 2.47. The van der Waals surface area contributed by atoms with E-state index in [1.807, 2.05) is 0 Å². The van der Waals surface area contributed by atoms with Crippen molar-refractivity contribution in [3.8, 4) is 22.3 Å². The van der Waals surface area contributed by atoms with Crippen molar-refractivity contribution in [2.75, 3.05) is 4.90 Å². The van der Waals surface area contributed by atoms with Gasteiger partial charge in [0.2, 0.25) is 0 Å². The SMILES string of the molecule is C1=CC(N2c3ccccc3CCc3cc(-c4c5ccccc5c(-c5ccc6c(ccc7ccccc76)c5)c5ccccc45)ccc32)=CCC1. The van der Waals surface area contributed by atoms with Crippen LogP contribution >= 0.6 is 0 Å². The first-order chi connectivity index (χ1) is 24.3. The van der Waals surface area contributed by atoms with E-state index in [2.05, 4.69) is 169 Å². The molecule has 1 heteroatoms. The van der Waals surface area contributed by atoms with Crippen LogP contribution in [-0.2, 0) is 12.8 Å². The van der Waals surface area contributed by atoms with Gasteiger partial charge in [0.25, 0.3) is 0 Å². The Morgan fingerprint density at radius 1 is 0.408 bits per heavy atom. The van der Waals surface area contributed by atoms with Crippen LogP contribution in [0.4, 0.5) is 11.4 Å². The van der Waals surface area contributed by atoms with Crippen molar-refractivity contribution in [3.05, 3.63) is 181 Å². The summed E-state index contributed by atoms with van der Waals surface area (Å²) in [5.41, 5.74) is 11.8. The summed E-state index contributed by atoms with van der Waals surface area (Å²) < 4.78 is 0. The molecule has 0 N–H and O–H groups in total. The molecule has 0 fully saturated rings. The normalized spacial score (nSPS) is 14.2. The molecule has 0 radical (unpaired) electrons. The number of aryl methyl sites for hydroxylation is 2. The van der Waals surface area contributed by atoms with Crippen LogP contribution in [0.3, 0.4) is 0 Å².